The summed E-state index contributed by atoms with van der Waals surface area (Å²) in [5.74, 6) is 1.78. The van der Waals surface area contributed by atoms with E-state index >= 15 is 0 Å². The molecule has 198 valence electrons. The second-order valence-electron chi connectivity index (χ2n) is 10.1. The second kappa shape index (κ2) is 13.3. The van der Waals surface area contributed by atoms with Gasteiger partial charge in [-0.25, -0.2) is 0 Å². The zero-order valence-corrected chi connectivity index (χ0v) is 22.6. The highest BCUT2D eigenvalue weighted by molar-refractivity contribution is 7.99. The molecule has 1 aliphatic heterocycles. The number of carbonyl (C=O) groups is 1. The minimum Gasteiger partial charge on any atom is -0.497 e. The number of carboxylic acids is 1. The summed E-state index contributed by atoms with van der Waals surface area (Å²) in [6.07, 6.45) is 4.60. The third-order valence-corrected chi connectivity index (χ3v) is 8.55. The number of benzene rings is 2. The van der Waals surface area contributed by atoms with Gasteiger partial charge in [0.15, 0.2) is 0 Å². The first-order chi connectivity index (χ1) is 17.9. The second-order valence-corrected chi connectivity index (χ2v) is 11.2. The van der Waals surface area contributed by atoms with Crippen LogP contribution in [0.15, 0.2) is 59.6 Å². The zero-order valence-electron chi connectivity index (χ0n) is 21.8. The molecule has 1 aromatic heterocycles. The summed E-state index contributed by atoms with van der Waals surface area (Å²) in [5, 5.41) is 21.4. The van der Waals surface area contributed by atoms with Crippen LogP contribution in [0.4, 0.5) is 0 Å². The highest BCUT2D eigenvalue weighted by atomic mass is 32.2. The van der Waals surface area contributed by atoms with E-state index in [-0.39, 0.29) is 6.42 Å². The third-order valence-electron chi connectivity index (χ3n) is 7.55. The molecule has 2 aromatic carbocycles. The van der Waals surface area contributed by atoms with E-state index < -0.39 is 12.1 Å². The lowest BCUT2D eigenvalue weighted by molar-refractivity contribution is -0.137. The van der Waals surface area contributed by atoms with Crippen LogP contribution in [-0.4, -0.2) is 58.6 Å². The summed E-state index contributed by atoms with van der Waals surface area (Å²) in [5.41, 5.74) is 2.99. The molecule has 1 fully saturated rings. The van der Waals surface area contributed by atoms with Crippen LogP contribution in [0.5, 0.6) is 5.75 Å². The number of pyridine rings is 1. The fourth-order valence-corrected chi connectivity index (χ4v) is 6.31. The highest BCUT2D eigenvalue weighted by Gasteiger charge is 2.30. The fraction of sp³-hybridized carbons (Fsp3) is 0.467. The van der Waals surface area contributed by atoms with Gasteiger partial charge in [0.1, 0.15) is 5.75 Å². The van der Waals surface area contributed by atoms with Gasteiger partial charge in [0.25, 0.3) is 0 Å². The number of hydrogen-bond donors (Lipinski definition) is 2. The molecule has 6 nitrogen and oxygen atoms in total. The van der Waals surface area contributed by atoms with Crippen molar-refractivity contribution >= 4 is 28.6 Å². The topological polar surface area (TPSA) is 82.9 Å². The van der Waals surface area contributed by atoms with Gasteiger partial charge in [-0.15, -0.1) is 11.8 Å². The molecule has 0 amide bonds. The van der Waals surface area contributed by atoms with Gasteiger partial charge in [0, 0.05) is 41.7 Å². The molecular formula is C30H38N2O4S. The SMILES string of the molecule is COc1ccc2nccc(C(O)CC[C@@H]3CCN(CCSc4ccc(C)cc4)C[C@@H]3CCC(=O)O)c2c1. The Balaban J connectivity index is 1.34. The van der Waals surface area contributed by atoms with Gasteiger partial charge in [-0.1, -0.05) is 17.7 Å². The van der Waals surface area contributed by atoms with Gasteiger partial charge < -0.3 is 19.8 Å². The van der Waals surface area contributed by atoms with Crippen LogP contribution in [-0.2, 0) is 4.79 Å². The number of aromatic nitrogens is 1. The number of ether oxygens (including phenoxy) is 1. The number of thioether (sulfide) groups is 1. The summed E-state index contributed by atoms with van der Waals surface area (Å²) < 4.78 is 5.38. The summed E-state index contributed by atoms with van der Waals surface area (Å²) in [7, 11) is 1.64. The Hall–Kier alpha value is -2.61. The smallest absolute Gasteiger partial charge is 0.303 e. The molecule has 7 heteroatoms. The largest absolute Gasteiger partial charge is 0.497 e. The maximum atomic E-state index is 11.3. The summed E-state index contributed by atoms with van der Waals surface area (Å²) in [6.45, 7) is 5.06. The van der Waals surface area contributed by atoms with Gasteiger partial charge in [-0.3, -0.25) is 9.78 Å². The average molecular weight is 523 g/mol. The van der Waals surface area contributed by atoms with Crippen LogP contribution in [0, 0.1) is 18.8 Å². The van der Waals surface area contributed by atoms with Crippen LogP contribution in [0.2, 0.25) is 0 Å². The number of aliphatic hydroxyl groups excluding tert-OH is 1. The number of rotatable bonds is 12. The lowest BCUT2D eigenvalue weighted by atomic mass is 9.79. The van der Waals surface area contributed by atoms with Gasteiger partial charge in [-0.05, 0) is 92.9 Å². The maximum absolute atomic E-state index is 11.3. The molecule has 4 rings (SSSR count). The van der Waals surface area contributed by atoms with E-state index in [2.05, 4.69) is 41.1 Å². The molecule has 3 atom stereocenters. The molecule has 0 bridgehead atoms. The molecule has 0 saturated carbocycles. The Labute approximate surface area is 224 Å². The van der Waals surface area contributed by atoms with Crippen LogP contribution in [0.25, 0.3) is 10.9 Å². The van der Waals surface area contributed by atoms with Crippen molar-refractivity contribution in [1.82, 2.24) is 9.88 Å². The van der Waals surface area contributed by atoms with E-state index in [1.807, 2.05) is 36.0 Å². The quantitative estimate of drug-likeness (QED) is 0.284. The highest BCUT2D eigenvalue weighted by Crippen LogP contribution is 2.35. The average Bonchev–Trinajstić information content (AvgIpc) is 2.91. The van der Waals surface area contributed by atoms with E-state index in [9.17, 15) is 15.0 Å². The molecule has 1 saturated heterocycles. The van der Waals surface area contributed by atoms with E-state index in [1.54, 1.807) is 13.3 Å². The van der Waals surface area contributed by atoms with E-state index in [4.69, 9.17) is 4.74 Å². The summed E-state index contributed by atoms with van der Waals surface area (Å²) in [6, 6.07) is 16.3. The lowest BCUT2D eigenvalue weighted by Crippen LogP contribution is -2.41. The first-order valence-corrected chi connectivity index (χ1v) is 14.2. The van der Waals surface area contributed by atoms with Gasteiger partial charge in [0.05, 0.1) is 18.7 Å². The van der Waals surface area contributed by atoms with Crippen LogP contribution in [0.1, 0.15) is 49.3 Å². The number of piperidine rings is 1. The van der Waals surface area contributed by atoms with E-state index in [0.717, 1.165) is 60.4 Å². The monoisotopic (exact) mass is 522 g/mol. The van der Waals surface area contributed by atoms with Gasteiger partial charge in [-0.2, -0.15) is 0 Å². The number of fused-ring (bicyclic) bond motifs is 1. The van der Waals surface area contributed by atoms with Crippen LogP contribution < -0.4 is 4.74 Å². The standard InChI is InChI=1S/C30H38N2O4S/c1-21-3-8-25(9-4-21)37-18-17-32-16-14-22(23(20-32)6-12-30(34)35)5-11-29(33)26-13-15-31-28-10-7-24(36-2)19-27(26)28/h3-4,7-10,13,15,19,22-23,29,33H,5-6,11-12,14,16-18,20H2,1-2H3,(H,34,35)/t22-,23+,29?/m1/s1. The Morgan fingerprint density at radius 1 is 1.16 bits per heavy atom. The maximum Gasteiger partial charge on any atom is 0.303 e. The van der Waals surface area contributed by atoms with Crippen molar-refractivity contribution in [1.29, 1.82) is 0 Å². The molecule has 1 aliphatic rings. The summed E-state index contributed by atoms with van der Waals surface area (Å²) >= 11 is 1.88. The van der Waals surface area contributed by atoms with Crippen molar-refractivity contribution < 1.29 is 19.7 Å². The third kappa shape index (κ3) is 7.69. The Bertz CT molecular complexity index is 1170. The molecule has 0 aliphatic carbocycles. The predicted molar refractivity (Wildman–Crippen MR) is 149 cm³/mol. The molecule has 3 aromatic rings. The van der Waals surface area contributed by atoms with Crippen molar-refractivity contribution in [3.8, 4) is 5.75 Å². The molecule has 0 spiro atoms. The van der Waals surface area contributed by atoms with E-state index in [0.29, 0.717) is 24.7 Å². The minimum atomic E-state index is -0.733. The molecule has 1 unspecified atom stereocenters. The van der Waals surface area contributed by atoms with Crippen molar-refractivity contribution in [2.45, 2.75) is 50.0 Å². The number of nitrogens with zero attached hydrogens (tertiary/aromatic N) is 2. The Morgan fingerprint density at radius 2 is 1.97 bits per heavy atom. The molecule has 37 heavy (non-hydrogen) atoms. The minimum absolute atomic E-state index is 0.199. The zero-order chi connectivity index (χ0) is 26.2. The van der Waals surface area contributed by atoms with Crippen molar-refractivity contribution in [2.75, 3.05) is 32.5 Å². The number of methoxy groups -OCH3 is 1. The van der Waals surface area contributed by atoms with Crippen molar-refractivity contribution in [3.63, 3.8) is 0 Å². The lowest BCUT2D eigenvalue weighted by Gasteiger charge is -2.39. The van der Waals surface area contributed by atoms with Crippen molar-refractivity contribution in [3.05, 3.63) is 65.9 Å². The number of likely N-dealkylation sites (tertiary alicyclic amines) is 1. The number of aliphatic hydroxyl groups is 1. The molecule has 2 N–H and O–H groups in total. The van der Waals surface area contributed by atoms with Gasteiger partial charge >= 0.3 is 5.97 Å². The number of aliphatic carboxylic acids is 1. The molecule has 2 heterocycles. The van der Waals surface area contributed by atoms with Crippen LogP contribution in [0.3, 0.4) is 0 Å². The van der Waals surface area contributed by atoms with Crippen LogP contribution >= 0.6 is 11.8 Å². The summed E-state index contributed by atoms with van der Waals surface area (Å²) in [4.78, 5) is 19.5. The number of hydrogen-bond acceptors (Lipinski definition) is 6. The Morgan fingerprint density at radius 3 is 2.73 bits per heavy atom. The Kier molecular flexibility index (Phi) is 9.83. The number of carboxylic acid groups (broad SMARTS) is 1. The van der Waals surface area contributed by atoms with Gasteiger partial charge in [0.2, 0.25) is 0 Å². The predicted octanol–water partition coefficient (Wildman–Crippen LogP) is 5.96. The first kappa shape index (κ1) is 27.4. The molecular weight excluding hydrogens is 484 g/mol. The van der Waals surface area contributed by atoms with Crippen molar-refractivity contribution in [2.24, 2.45) is 11.8 Å². The molecule has 0 radical (unpaired) electrons. The fourth-order valence-electron chi connectivity index (χ4n) is 5.39. The number of aryl methyl sites for hydroxylation is 1. The first-order valence-electron chi connectivity index (χ1n) is 13.2. The van der Waals surface area contributed by atoms with E-state index in [1.165, 1.54) is 10.5 Å². The normalized spacial score (nSPS) is 19.1.